The van der Waals surface area contributed by atoms with Crippen LogP contribution in [0.2, 0.25) is 0 Å². The van der Waals surface area contributed by atoms with E-state index >= 15 is 0 Å². The molecule has 1 aliphatic carbocycles. The van der Waals surface area contributed by atoms with Gasteiger partial charge in [-0.3, -0.25) is 0 Å². The number of nitrogens with two attached hydrogens (primary N) is 1. The van der Waals surface area contributed by atoms with Gasteiger partial charge in [-0.25, -0.2) is 0 Å². The zero-order valence-corrected chi connectivity index (χ0v) is 10.4. The fourth-order valence-electron chi connectivity index (χ4n) is 2.62. The van der Waals surface area contributed by atoms with Crippen molar-refractivity contribution in [2.24, 2.45) is 10.9 Å². The van der Waals surface area contributed by atoms with E-state index in [-0.39, 0.29) is 0 Å². The van der Waals surface area contributed by atoms with Gasteiger partial charge in [0, 0.05) is 0 Å². The first-order chi connectivity index (χ1) is 8.21. The fraction of sp³-hybridized carbons (Fsp3) is 0.385. The van der Waals surface area contributed by atoms with Crippen LogP contribution >= 0.6 is 12.2 Å². The average molecular weight is 248 g/mol. The smallest absolute Gasteiger partial charge is 0.0893 e. The number of benzene rings is 1. The van der Waals surface area contributed by atoms with Crippen molar-refractivity contribution in [3.63, 3.8) is 0 Å². The molecular weight excluding hydrogens is 232 g/mol. The van der Waals surface area contributed by atoms with Crippen LogP contribution in [0.4, 0.5) is 0 Å². The van der Waals surface area contributed by atoms with E-state index < -0.39 is 5.41 Å². The van der Waals surface area contributed by atoms with Gasteiger partial charge >= 0.3 is 0 Å². The molecule has 17 heavy (non-hydrogen) atoms. The minimum atomic E-state index is -0.552. The van der Waals surface area contributed by atoms with Crippen LogP contribution in [-0.4, -0.2) is 15.9 Å². The molecule has 2 rings (SSSR count). The first-order valence-electron chi connectivity index (χ1n) is 5.78. The molecule has 1 aliphatic rings. The van der Waals surface area contributed by atoms with E-state index in [2.05, 4.69) is 5.16 Å². The molecule has 1 unspecified atom stereocenters. The lowest BCUT2D eigenvalue weighted by atomic mass is 9.68. The summed E-state index contributed by atoms with van der Waals surface area (Å²) >= 11 is 5.24. The maximum atomic E-state index is 9.21. The highest BCUT2D eigenvalue weighted by Crippen LogP contribution is 2.37. The molecule has 0 amide bonds. The van der Waals surface area contributed by atoms with Gasteiger partial charge in [-0.2, -0.15) is 0 Å². The Balaban J connectivity index is 2.56. The average Bonchev–Trinajstić information content (AvgIpc) is 2.39. The standard InChI is InChI=1S/C13H16N2OS/c14-12(17)13(10-6-2-1-3-7-10)9-5-4-8-11(13)15-16/h1-3,6-7,16H,4-5,8-9H2,(H2,14,17). The summed E-state index contributed by atoms with van der Waals surface area (Å²) in [5.41, 5.74) is 7.11. The molecule has 0 saturated heterocycles. The van der Waals surface area contributed by atoms with E-state index in [4.69, 9.17) is 18.0 Å². The van der Waals surface area contributed by atoms with E-state index in [1.807, 2.05) is 30.3 Å². The van der Waals surface area contributed by atoms with Crippen molar-refractivity contribution in [3.05, 3.63) is 35.9 Å². The van der Waals surface area contributed by atoms with E-state index in [0.29, 0.717) is 10.7 Å². The first kappa shape index (κ1) is 12.0. The number of hydrogen-bond donors (Lipinski definition) is 2. The molecule has 3 N–H and O–H groups in total. The second kappa shape index (κ2) is 4.84. The Labute approximate surface area is 106 Å². The number of rotatable bonds is 2. The Morgan fingerprint density at radius 3 is 2.59 bits per heavy atom. The van der Waals surface area contributed by atoms with Gasteiger partial charge in [-0.05, 0) is 24.8 Å². The predicted octanol–water partition coefficient (Wildman–Crippen LogP) is 2.61. The van der Waals surface area contributed by atoms with Crippen molar-refractivity contribution in [2.45, 2.75) is 31.1 Å². The number of hydrogen-bond acceptors (Lipinski definition) is 3. The SMILES string of the molecule is NC(=S)C1(c2ccccc2)CCCCC1=NO. The summed E-state index contributed by atoms with van der Waals surface area (Å²) in [7, 11) is 0. The molecule has 4 heteroatoms. The summed E-state index contributed by atoms with van der Waals surface area (Å²) in [5.74, 6) is 0. The highest BCUT2D eigenvalue weighted by Gasteiger charge is 2.42. The van der Waals surface area contributed by atoms with Crippen LogP contribution < -0.4 is 5.73 Å². The second-order valence-corrected chi connectivity index (χ2v) is 4.83. The molecule has 0 spiro atoms. The van der Waals surface area contributed by atoms with Gasteiger partial charge in [0.05, 0.1) is 16.1 Å². The molecule has 1 atom stereocenters. The molecule has 0 aliphatic heterocycles. The molecular formula is C13H16N2OS. The van der Waals surface area contributed by atoms with Crippen LogP contribution in [0, 0.1) is 0 Å². The van der Waals surface area contributed by atoms with Crippen LogP contribution in [0.25, 0.3) is 0 Å². The van der Waals surface area contributed by atoms with Gasteiger partial charge in [0.15, 0.2) is 0 Å². The van der Waals surface area contributed by atoms with E-state index in [1.54, 1.807) is 0 Å². The van der Waals surface area contributed by atoms with Crippen LogP contribution in [0.3, 0.4) is 0 Å². The van der Waals surface area contributed by atoms with Crippen molar-refractivity contribution >= 4 is 22.9 Å². The maximum absolute atomic E-state index is 9.21. The van der Waals surface area contributed by atoms with Gasteiger partial charge in [0.1, 0.15) is 0 Å². The van der Waals surface area contributed by atoms with E-state index in [9.17, 15) is 5.21 Å². The molecule has 1 fully saturated rings. The second-order valence-electron chi connectivity index (χ2n) is 4.39. The van der Waals surface area contributed by atoms with Gasteiger partial charge in [0.2, 0.25) is 0 Å². The Bertz CT molecular complexity index is 444. The summed E-state index contributed by atoms with van der Waals surface area (Å²) in [6, 6.07) is 9.86. The summed E-state index contributed by atoms with van der Waals surface area (Å²) in [6.45, 7) is 0. The molecule has 3 nitrogen and oxygen atoms in total. The molecule has 1 aromatic carbocycles. The minimum absolute atomic E-state index is 0.399. The lowest BCUT2D eigenvalue weighted by molar-refractivity contribution is 0.310. The van der Waals surface area contributed by atoms with Gasteiger partial charge in [-0.15, -0.1) is 0 Å². The van der Waals surface area contributed by atoms with Crippen molar-refractivity contribution < 1.29 is 5.21 Å². The number of thiocarbonyl (C=S) groups is 1. The van der Waals surface area contributed by atoms with Crippen LogP contribution in [0.5, 0.6) is 0 Å². The third kappa shape index (κ3) is 1.93. The highest BCUT2D eigenvalue weighted by molar-refractivity contribution is 7.80. The maximum Gasteiger partial charge on any atom is 0.0893 e. The van der Waals surface area contributed by atoms with Crippen molar-refractivity contribution in [1.29, 1.82) is 0 Å². The van der Waals surface area contributed by atoms with Crippen LogP contribution in [-0.2, 0) is 5.41 Å². The number of nitrogens with zero attached hydrogens (tertiary/aromatic N) is 1. The predicted molar refractivity (Wildman–Crippen MR) is 72.6 cm³/mol. The van der Waals surface area contributed by atoms with Crippen molar-refractivity contribution in [1.82, 2.24) is 0 Å². The minimum Gasteiger partial charge on any atom is -0.411 e. The topological polar surface area (TPSA) is 58.6 Å². The van der Waals surface area contributed by atoms with Gasteiger partial charge < -0.3 is 10.9 Å². The van der Waals surface area contributed by atoms with Gasteiger partial charge in [-0.1, -0.05) is 54.1 Å². The van der Waals surface area contributed by atoms with E-state index in [0.717, 1.165) is 31.2 Å². The lowest BCUT2D eigenvalue weighted by Gasteiger charge is -2.37. The molecule has 0 bridgehead atoms. The summed E-state index contributed by atoms with van der Waals surface area (Å²) in [6.07, 6.45) is 3.65. The normalized spacial score (nSPS) is 26.9. The quantitative estimate of drug-likeness (QED) is 0.480. The fourth-order valence-corrected chi connectivity index (χ4v) is 2.95. The van der Waals surface area contributed by atoms with Crippen molar-refractivity contribution in [2.75, 3.05) is 0 Å². The monoisotopic (exact) mass is 248 g/mol. The van der Waals surface area contributed by atoms with E-state index in [1.165, 1.54) is 0 Å². The Kier molecular flexibility index (Phi) is 3.43. The lowest BCUT2D eigenvalue weighted by Crippen LogP contribution is -2.48. The molecule has 1 aromatic rings. The summed E-state index contributed by atoms with van der Waals surface area (Å²) in [4.78, 5) is 0.399. The largest absolute Gasteiger partial charge is 0.411 e. The third-order valence-electron chi connectivity index (χ3n) is 3.52. The Morgan fingerprint density at radius 2 is 2.00 bits per heavy atom. The highest BCUT2D eigenvalue weighted by atomic mass is 32.1. The Hall–Kier alpha value is -1.42. The summed E-state index contributed by atoms with van der Waals surface area (Å²) < 4.78 is 0. The molecule has 90 valence electrons. The third-order valence-corrected chi connectivity index (χ3v) is 3.86. The van der Waals surface area contributed by atoms with Crippen molar-refractivity contribution in [3.8, 4) is 0 Å². The first-order valence-corrected chi connectivity index (χ1v) is 6.19. The molecule has 0 aromatic heterocycles. The molecule has 0 heterocycles. The number of oxime groups is 1. The zero-order valence-electron chi connectivity index (χ0n) is 9.60. The summed E-state index contributed by atoms with van der Waals surface area (Å²) in [5, 5.41) is 12.7. The van der Waals surface area contributed by atoms with Crippen LogP contribution in [0.15, 0.2) is 35.5 Å². The zero-order chi connectivity index (χ0) is 12.3. The molecule has 1 saturated carbocycles. The van der Waals surface area contributed by atoms with Crippen LogP contribution in [0.1, 0.15) is 31.2 Å². The molecule has 0 radical (unpaired) electrons. The van der Waals surface area contributed by atoms with Gasteiger partial charge in [0.25, 0.3) is 0 Å². The Morgan fingerprint density at radius 1 is 1.29 bits per heavy atom.